The van der Waals surface area contributed by atoms with Gasteiger partial charge < -0.3 is 4.74 Å². The first-order chi connectivity index (χ1) is 7.75. The number of benzene rings is 1. The van der Waals surface area contributed by atoms with Gasteiger partial charge in [0.15, 0.2) is 0 Å². The van der Waals surface area contributed by atoms with Crippen LogP contribution in [-0.2, 0) is 0 Å². The molecule has 16 heavy (non-hydrogen) atoms. The summed E-state index contributed by atoms with van der Waals surface area (Å²) < 4.78 is 5.73. The number of aryl methyl sites for hydroxylation is 1. The van der Waals surface area contributed by atoms with E-state index in [-0.39, 0.29) is 0 Å². The van der Waals surface area contributed by atoms with Gasteiger partial charge in [0.05, 0.1) is 0 Å². The molecule has 0 aliphatic heterocycles. The molecule has 0 spiro atoms. The summed E-state index contributed by atoms with van der Waals surface area (Å²) in [6.45, 7) is 2.71. The molecule has 86 valence electrons. The lowest BCUT2D eigenvalue weighted by Gasteiger charge is -2.16. The Labute approximate surface area is 102 Å². The van der Waals surface area contributed by atoms with Crippen molar-refractivity contribution in [1.82, 2.24) is 0 Å². The van der Waals surface area contributed by atoms with Crippen LogP contribution in [0.2, 0.25) is 0 Å². The Balaban J connectivity index is 1.94. The molecule has 1 aliphatic rings. The van der Waals surface area contributed by atoms with Gasteiger partial charge in [-0.15, -0.1) is 0 Å². The molecule has 0 amide bonds. The van der Waals surface area contributed by atoms with Gasteiger partial charge >= 0.3 is 0 Å². The average Bonchev–Trinajstić information content (AvgIpc) is 2.30. The number of rotatable bonds is 3. The predicted molar refractivity (Wildman–Crippen MR) is 68.0 cm³/mol. The molecule has 1 aromatic carbocycles. The SMILES string of the molecule is Cc1ccc(OCC2=C(Cl)CCCC2)cc1. The summed E-state index contributed by atoms with van der Waals surface area (Å²) in [5, 5.41) is 1.01. The topological polar surface area (TPSA) is 9.23 Å². The molecule has 1 nitrogen and oxygen atoms in total. The van der Waals surface area contributed by atoms with Crippen LogP contribution in [0.5, 0.6) is 5.75 Å². The molecule has 0 N–H and O–H groups in total. The minimum Gasteiger partial charge on any atom is -0.489 e. The van der Waals surface area contributed by atoms with E-state index in [0.717, 1.165) is 23.6 Å². The molecule has 0 saturated carbocycles. The normalized spacial score (nSPS) is 16.4. The average molecular weight is 237 g/mol. The molecule has 0 saturated heterocycles. The first-order valence-corrected chi connectivity index (χ1v) is 6.19. The van der Waals surface area contributed by atoms with Crippen LogP contribution in [0.25, 0.3) is 0 Å². The van der Waals surface area contributed by atoms with Crippen LogP contribution in [0.15, 0.2) is 34.9 Å². The van der Waals surface area contributed by atoms with Crippen molar-refractivity contribution in [2.75, 3.05) is 6.61 Å². The third kappa shape index (κ3) is 3.02. The third-order valence-corrected chi connectivity index (χ3v) is 3.40. The molecule has 2 rings (SSSR count). The summed E-state index contributed by atoms with van der Waals surface area (Å²) in [4.78, 5) is 0. The zero-order valence-corrected chi connectivity index (χ0v) is 10.4. The Bertz CT molecular complexity index is 378. The number of hydrogen-bond acceptors (Lipinski definition) is 1. The van der Waals surface area contributed by atoms with E-state index < -0.39 is 0 Å². The van der Waals surface area contributed by atoms with E-state index in [0.29, 0.717) is 6.61 Å². The van der Waals surface area contributed by atoms with Gasteiger partial charge in [-0.2, -0.15) is 0 Å². The van der Waals surface area contributed by atoms with Crippen molar-refractivity contribution in [3.63, 3.8) is 0 Å². The minimum absolute atomic E-state index is 0.641. The maximum atomic E-state index is 6.17. The first kappa shape index (κ1) is 11.5. The number of hydrogen-bond donors (Lipinski definition) is 0. The van der Waals surface area contributed by atoms with Gasteiger partial charge in [0.2, 0.25) is 0 Å². The van der Waals surface area contributed by atoms with E-state index in [2.05, 4.69) is 19.1 Å². The highest BCUT2D eigenvalue weighted by Crippen LogP contribution is 2.27. The van der Waals surface area contributed by atoms with Crippen molar-refractivity contribution in [3.8, 4) is 5.75 Å². The van der Waals surface area contributed by atoms with Gasteiger partial charge in [-0.05, 0) is 50.3 Å². The molecule has 0 atom stereocenters. The molecule has 0 bridgehead atoms. The van der Waals surface area contributed by atoms with Gasteiger partial charge in [-0.1, -0.05) is 29.3 Å². The van der Waals surface area contributed by atoms with Crippen LogP contribution in [0.4, 0.5) is 0 Å². The summed E-state index contributed by atoms with van der Waals surface area (Å²) in [5.41, 5.74) is 2.52. The summed E-state index contributed by atoms with van der Waals surface area (Å²) in [5.74, 6) is 0.924. The van der Waals surface area contributed by atoms with E-state index in [1.807, 2.05) is 12.1 Å². The second kappa shape index (κ2) is 5.40. The highest BCUT2D eigenvalue weighted by molar-refractivity contribution is 6.30. The van der Waals surface area contributed by atoms with Crippen molar-refractivity contribution in [1.29, 1.82) is 0 Å². The predicted octanol–water partition coefficient (Wildman–Crippen LogP) is 4.44. The Morgan fingerprint density at radius 1 is 1.12 bits per heavy atom. The highest BCUT2D eigenvalue weighted by atomic mass is 35.5. The van der Waals surface area contributed by atoms with Crippen molar-refractivity contribution < 1.29 is 4.74 Å². The quantitative estimate of drug-likeness (QED) is 0.754. The number of ether oxygens (including phenoxy) is 1. The Hall–Kier alpha value is -0.950. The van der Waals surface area contributed by atoms with E-state index in [9.17, 15) is 0 Å². The standard InChI is InChI=1S/C14H17ClO/c1-11-6-8-13(9-7-11)16-10-12-4-2-3-5-14(12)15/h6-9H,2-5,10H2,1H3. The van der Waals surface area contributed by atoms with Gasteiger partial charge in [-0.25, -0.2) is 0 Å². The molecule has 0 radical (unpaired) electrons. The fraction of sp³-hybridized carbons (Fsp3) is 0.429. The maximum Gasteiger partial charge on any atom is 0.119 e. The molecule has 0 unspecified atom stereocenters. The zero-order valence-electron chi connectivity index (χ0n) is 9.63. The van der Waals surface area contributed by atoms with Crippen LogP contribution >= 0.6 is 11.6 Å². The van der Waals surface area contributed by atoms with Crippen molar-refractivity contribution in [2.24, 2.45) is 0 Å². The molecule has 0 aromatic heterocycles. The molecule has 0 fully saturated rings. The monoisotopic (exact) mass is 236 g/mol. The summed E-state index contributed by atoms with van der Waals surface area (Å²) >= 11 is 6.17. The van der Waals surface area contributed by atoms with E-state index in [1.165, 1.54) is 24.0 Å². The zero-order chi connectivity index (χ0) is 11.4. The van der Waals surface area contributed by atoms with Crippen LogP contribution in [0, 0.1) is 6.92 Å². The van der Waals surface area contributed by atoms with Gasteiger partial charge in [-0.3, -0.25) is 0 Å². The number of allylic oxidation sites excluding steroid dienone is 1. The van der Waals surface area contributed by atoms with Crippen LogP contribution in [-0.4, -0.2) is 6.61 Å². The Morgan fingerprint density at radius 3 is 2.50 bits per heavy atom. The van der Waals surface area contributed by atoms with Gasteiger partial charge in [0.25, 0.3) is 0 Å². The summed E-state index contributed by atoms with van der Waals surface area (Å²) in [6.07, 6.45) is 4.56. The minimum atomic E-state index is 0.641. The lowest BCUT2D eigenvalue weighted by atomic mass is 10.00. The molecule has 0 heterocycles. The van der Waals surface area contributed by atoms with E-state index in [4.69, 9.17) is 16.3 Å². The van der Waals surface area contributed by atoms with Crippen molar-refractivity contribution >= 4 is 11.6 Å². The first-order valence-electron chi connectivity index (χ1n) is 5.81. The van der Waals surface area contributed by atoms with Crippen LogP contribution < -0.4 is 4.74 Å². The van der Waals surface area contributed by atoms with Crippen molar-refractivity contribution in [2.45, 2.75) is 32.6 Å². The number of halogens is 1. The second-order valence-corrected chi connectivity index (χ2v) is 4.77. The molecular formula is C14H17ClO. The van der Waals surface area contributed by atoms with Crippen LogP contribution in [0.3, 0.4) is 0 Å². The largest absolute Gasteiger partial charge is 0.489 e. The fourth-order valence-electron chi connectivity index (χ4n) is 1.89. The van der Waals surface area contributed by atoms with Gasteiger partial charge in [0.1, 0.15) is 12.4 Å². The van der Waals surface area contributed by atoms with E-state index >= 15 is 0 Å². The summed E-state index contributed by atoms with van der Waals surface area (Å²) in [6, 6.07) is 8.14. The highest BCUT2D eigenvalue weighted by Gasteiger charge is 2.11. The Morgan fingerprint density at radius 2 is 1.81 bits per heavy atom. The third-order valence-electron chi connectivity index (χ3n) is 2.94. The lowest BCUT2D eigenvalue weighted by molar-refractivity contribution is 0.342. The lowest BCUT2D eigenvalue weighted by Crippen LogP contribution is -2.06. The fourth-order valence-corrected chi connectivity index (χ4v) is 2.17. The molecule has 1 aliphatic carbocycles. The summed E-state index contributed by atoms with van der Waals surface area (Å²) in [7, 11) is 0. The second-order valence-electron chi connectivity index (χ2n) is 4.32. The molecular weight excluding hydrogens is 220 g/mol. The molecule has 1 aromatic rings. The molecule has 2 heteroatoms. The van der Waals surface area contributed by atoms with Gasteiger partial charge in [0, 0.05) is 5.03 Å². The van der Waals surface area contributed by atoms with E-state index in [1.54, 1.807) is 0 Å². The Kier molecular flexibility index (Phi) is 3.89. The van der Waals surface area contributed by atoms with Crippen LogP contribution in [0.1, 0.15) is 31.2 Å². The smallest absolute Gasteiger partial charge is 0.119 e. The maximum absolute atomic E-state index is 6.17. The van der Waals surface area contributed by atoms with Crippen molar-refractivity contribution in [3.05, 3.63) is 40.4 Å².